The third-order valence-corrected chi connectivity index (χ3v) is 3.27. The fraction of sp³-hybridized carbons (Fsp3) is 0.222. The molecular formula is C18H18O5. The summed E-state index contributed by atoms with van der Waals surface area (Å²) in [6, 6.07) is 10.7. The van der Waals surface area contributed by atoms with Crippen molar-refractivity contribution in [3.63, 3.8) is 0 Å². The van der Waals surface area contributed by atoms with Crippen molar-refractivity contribution in [2.24, 2.45) is 0 Å². The Morgan fingerprint density at radius 2 is 1.70 bits per heavy atom. The average Bonchev–Trinajstić information content (AvgIpc) is 2.55. The maximum atomic E-state index is 12.2. The van der Waals surface area contributed by atoms with Gasteiger partial charge in [-0.1, -0.05) is 6.92 Å². The molecule has 0 saturated carbocycles. The molecule has 0 radical (unpaired) electrons. The number of rotatable bonds is 5. The zero-order chi connectivity index (χ0) is 16.8. The van der Waals surface area contributed by atoms with Gasteiger partial charge in [-0.25, -0.2) is 9.59 Å². The molecule has 0 aromatic heterocycles. The van der Waals surface area contributed by atoms with E-state index in [4.69, 9.17) is 9.47 Å². The molecule has 2 rings (SSSR count). The number of carbonyl (C=O) groups excluding carboxylic acids is 2. The lowest BCUT2D eigenvalue weighted by molar-refractivity contribution is 0.0526. The first-order valence-electron chi connectivity index (χ1n) is 7.36. The Bertz CT molecular complexity index is 704. The summed E-state index contributed by atoms with van der Waals surface area (Å²) >= 11 is 0. The lowest BCUT2D eigenvalue weighted by atomic mass is 10.1. The molecule has 23 heavy (non-hydrogen) atoms. The average molecular weight is 314 g/mol. The van der Waals surface area contributed by atoms with Gasteiger partial charge in [0.25, 0.3) is 0 Å². The number of aryl methyl sites for hydroxylation is 1. The minimum Gasteiger partial charge on any atom is -0.508 e. The highest BCUT2D eigenvalue weighted by Gasteiger charge is 2.14. The van der Waals surface area contributed by atoms with Gasteiger partial charge < -0.3 is 14.6 Å². The predicted octanol–water partition coefficient (Wildman–Crippen LogP) is 3.35. The van der Waals surface area contributed by atoms with Crippen LogP contribution >= 0.6 is 0 Å². The summed E-state index contributed by atoms with van der Waals surface area (Å²) < 4.78 is 10.2. The Morgan fingerprint density at radius 3 is 2.30 bits per heavy atom. The smallest absolute Gasteiger partial charge is 0.343 e. The molecule has 0 aliphatic rings. The molecule has 0 unspecified atom stereocenters. The van der Waals surface area contributed by atoms with Crippen LogP contribution in [0.4, 0.5) is 0 Å². The van der Waals surface area contributed by atoms with Crippen LogP contribution in [0.15, 0.2) is 42.5 Å². The summed E-state index contributed by atoms with van der Waals surface area (Å²) in [5.41, 5.74) is 1.50. The van der Waals surface area contributed by atoms with E-state index in [9.17, 15) is 14.7 Å². The third-order valence-electron chi connectivity index (χ3n) is 3.27. The second-order valence-electron chi connectivity index (χ2n) is 4.83. The number of phenolic OH excluding ortho intramolecular Hbond substituents is 1. The number of phenols is 1. The Morgan fingerprint density at radius 1 is 1.00 bits per heavy atom. The van der Waals surface area contributed by atoms with Crippen LogP contribution in [0.2, 0.25) is 0 Å². The number of hydrogen-bond acceptors (Lipinski definition) is 5. The Kier molecular flexibility index (Phi) is 5.36. The summed E-state index contributed by atoms with van der Waals surface area (Å²) in [6.07, 6.45) is 0.598. The predicted molar refractivity (Wildman–Crippen MR) is 84.8 cm³/mol. The summed E-state index contributed by atoms with van der Waals surface area (Å²) in [5, 5.41) is 9.47. The molecule has 0 heterocycles. The van der Waals surface area contributed by atoms with Crippen molar-refractivity contribution in [2.75, 3.05) is 6.61 Å². The Labute approximate surface area is 134 Å². The van der Waals surface area contributed by atoms with E-state index in [2.05, 4.69) is 0 Å². The minimum atomic E-state index is -0.509. The second kappa shape index (κ2) is 7.45. The molecule has 0 bridgehead atoms. The highest BCUT2D eigenvalue weighted by molar-refractivity contribution is 5.93. The third kappa shape index (κ3) is 4.10. The van der Waals surface area contributed by atoms with Crippen LogP contribution in [-0.2, 0) is 11.2 Å². The molecule has 120 valence electrons. The molecule has 2 aromatic rings. The first-order chi connectivity index (χ1) is 11.0. The van der Waals surface area contributed by atoms with E-state index in [-0.39, 0.29) is 5.75 Å². The number of carbonyl (C=O) groups is 2. The fourth-order valence-electron chi connectivity index (χ4n) is 2.11. The van der Waals surface area contributed by atoms with Crippen LogP contribution in [0.1, 0.15) is 40.1 Å². The van der Waals surface area contributed by atoms with Crippen molar-refractivity contribution >= 4 is 11.9 Å². The van der Waals surface area contributed by atoms with Gasteiger partial charge in [0, 0.05) is 0 Å². The van der Waals surface area contributed by atoms with Gasteiger partial charge in [-0.2, -0.15) is 0 Å². The van der Waals surface area contributed by atoms with E-state index in [1.54, 1.807) is 13.0 Å². The second-order valence-corrected chi connectivity index (χ2v) is 4.83. The summed E-state index contributed by atoms with van der Waals surface area (Å²) in [4.78, 5) is 23.8. The quantitative estimate of drug-likeness (QED) is 0.677. The number of ether oxygens (including phenoxy) is 2. The molecule has 0 aliphatic carbocycles. The van der Waals surface area contributed by atoms with E-state index in [1.807, 2.05) is 6.92 Å². The molecule has 0 amide bonds. The van der Waals surface area contributed by atoms with E-state index < -0.39 is 11.9 Å². The highest BCUT2D eigenvalue weighted by atomic mass is 16.5. The normalized spacial score (nSPS) is 10.2. The van der Waals surface area contributed by atoms with Gasteiger partial charge >= 0.3 is 11.9 Å². The first kappa shape index (κ1) is 16.5. The number of benzene rings is 2. The SMILES string of the molecule is CCOC(=O)c1ccc(OC(=O)c2ccc(O)cc2CC)cc1. The molecule has 0 atom stereocenters. The number of aromatic hydroxyl groups is 1. The van der Waals surface area contributed by atoms with Gasteiger partial charge in [0.05, 0.1) is 17.7 Å². The lowest BCUT2D eigenvalue weighted by Gasteiger charge is -2.09. The van der Waals surface area contributed by atoms with Crippen molar-refractivity contribution in [2.45, 2.75) is 20.3 Å². The van der Waals surface area contributed by atoms with Crippen molar-refractivity contribution < 1.29 is 24.2 Å². The van der Waals surface area contributed by atoms with Gasteiger partial charge in [0.2, 0.25) is 0 Å². The minimum absolute atomic E-state index is 0.109. The maximum Gasteiger partial charge on any atom is 0.343 e. The molecule has 5 nitrogen and oxygen atoms in total. The van der Waals surface area contributed by atoms with E-state index in [0.29, 0.717) is 35.5 Å². The van der Waals surface area contributed by atoms with E-state index >= 15 is 0 Å². The van der Waals surface area contributed by atoms with Gasteiger partial charge in [0.15, 0.2) is 0 Å². The van der Waals surface area contributed by atoms with Crippen LogP contribution < -0.4 is 4.74 Å². The van der Waals surface area contributed by atoms with Gasteiger partial charge in [-0.05, 0) is 61.4 Å². The van der Waals surface area contributed by atoms with Crippen LogP contribution in [0.5, 0.6) is 11.5 Å². The number of hydrogen-bond donors (Lipinski definition) is 1. The van der Waals surface area contributed by atoms with Gasteiger partial charge in [-0.3, -0.25) is 0 Å². The molecule has 0 saturated heterocycles. The molecule has 2 aromatic carbocycles. The molecule has 0 aliphatic heterocycles. The van der Waals surface area contributed by atoms with Crippen LogP contribution in [0.25, 0.3) is 0 Å². The zero-order valence-corrected chi connectivity index (χ0v) is 13.0. The van der Waals surface area contributed by atoms with Crippen molar-refractivity contribution in [1.29, 1.82) is 0 Å². The molecule has 0 spiro atoms. The van der Waals surface area contributed by atoms with E-state index in [0.717, 1.165) is 0 Å². The molecule has 5 heteroatoms. The molecule has 1 N–H and O–H groups in total. The summed E-state index contributed by atoms with van der Waals surface area (Å²) in [6.45, 7) is 3.92. The Balaban J connectivity index is 2.13. The first-order valence-corrected chi connectivity index (χ1v) is 7.36. The van der Waals surface area contributed by atoms with E-state index in [1.165, 1.54) is 36.4 Å². The van der Waals surface area contributed by atoms with Gasteiger partial charge in [0.1, 0.15) is 11.5 Å². The van der Waals surface area contributed by atoms with Crippen LogP contribution in [0, 0.1) is 0 Å². The van der Waals surface area contributed by atoms with Crippen LogP contribution in [-0.4, -0.2) is 23.7 Å². The Hall–Kier alpha value is -2.82. The van der Waals surface area contributed by atoms with Gasteiger partial charge in [-0.15, -0.1) is 0 Å². The summed E-state index contributed by atoms with van der Waals surface area (Å²) in [7, 11) is 0. The number of esters is 2. The molecular weight excluding hydrogens is 296 g/mol. The highest BCUT2D eigenvalue weighted by Crippen LogP contribution is 2.20. The van der Waals surface area contributed by atoms with Crippen molar-refractivity contribution in [3.05, 3.63) is 59.2 Å². The fourth-order valence-corrected chi connectivity index (χ4v) is 2.11. The molecule has 0 fully saturated rings. The standard InChI is InChI=1S/C18H18O5/c1-3-12-11-14(19)7-10-16(12)18(21)23-15-8-5-13(6-9-15)17(20)22-4-2/h5-11,19H,3-4H2,1-2H3. The van der Waals surface area contributed by atoms with Crippen LogP contribution in [0.3, 0.4) is 0 Å². The topological polar surface area (TPSA) is 72.8 Å². The van der Waals surface area contributed by atoms with Crippen molar-refractivity contribution in [3.8, 4) is 11.5 Å². The summed E-state index contributed by atoms with van der Waals surface area (Å²) in [5.74, 6) is -0.488. The largest absolute Gasteiger partial charge is 0.508 e. The zero-order valence-electron chi connectivity index (χ0n) is 13.0. The van der Waals surface area contributed by atoms with Crippen molar-refractivity contribution in [1.82, 2.24) is 0 Å². The monoisotopic (exact) mass is 314 g/mol. The maximum absolute atomic E-state index is 12.2. The lowest BCUT2D eigenvalue weighted by Crippen LogP contribution is -2.11.